The van der Waals surface area contributed by atoms with Gasteiger partial charge in [-0.1, -0.05) is 36.4 Å². The van der Waals surface area contributed by atoms with E-state index >= 15 is 0 Å². The van der Waals surface area contributed by atoms with E-state index in [2.05, 4.69) is 73.7 Å². The number of hydrogen-bond donors (Lipinski definition) is 1. The summed E-state index contributed by atoms with van der Waals surface area (Å²) in [5.74, 6) is 0. The van der Waals surface area contributed by atoms with Crippen molar-refractivity contribution in [2.75, 3.05) is 5.73 Å². The van der Waals surface area contributed by atoms with Gasteiger partial charge < -0.3 is 5.73 Å². The predicted molar refractivity (Wildman–Crippen MR) is 136 cm³/mol. The monoisotopic (exact) mass is 419 g/mol. The number of hydrogen-bond acceptors (Lipinski definition) is 2. The van der Waals surface area contributed by atoms with Crippen LogP contribution in [-0.2, 0) is 12.8 Å². The first-order valence-electron chi connectivity index (χ1n) is 11.1. The lowest BCUT2D eigenvalue weighted by molar-refractivity contribution is 0.989. The van der Waals surface area contributed by atoms with E-state index in [-0.39, 0.29) is 0 Å². The lowest BCUT2D eigenvalue weighted by Crippen LogP contribution is -1.97. The molecule has 1 nitrogen and oxygen atoms in total. The average molecular weight is 420 g/mol. The molecule has 0 aliphatic heterocycles. The van der Waals surface area contributed by atoms with Crippen molar-refractivity contribution < 1.29 is 0 Å². The van der Waals surface area contributed by atoms with Gasteiger partial charge >= 0.3 is 0 Å². The Morgan fingerprint density at radius 2 is 1.77 bits per heavy atom. The van der Waals surface area contributed by atoms with Gasteiger partial charge in [0.15, 0.2) is 0 Å². The summed E-state index contributed by atoms with van der Waals surface area (Å²) >= 11 is 1.98. The highest BCUT2D eigenvalue weighted by atomic mass is 32.1. The molecule has 6 rings (SSSR count). The maximum absolute atomic E-state index is 6.11. The van der Waals surface area contributed by atoms with E-state index in [9.17, 15) is 0 Å². The number of nitrogen functional groups attached to an aromatic ring is 1. The van der Waals surface area contributed by atoms with Crippen LogP contribution in [0.5, 0.6) is 0 Å². The average Bonchev–Trinajstić information content (AvgIpc) is 3.13. The van der Waals surface area contributed by atoms with Gasteiger partial charge in [0.2, 0.25) is 0 Å². The van der Waals surface area contributed by atoms with E-state index in [1.165, 1.54) is 59.5 Å². The molecule has 2 aliphatic carbocycles. The third-order valence-electron chi connectivity index (χ3n) is 6.55. The summed E-state index contributed by atoms with van der Waals surface area (Å²) in [6.45, 7) is 2.10. The van der Waals surface area contributed by atoms with E-state index in [1.807, 2.05) is 17.4 Å². The minimum atomic E-state index is 0.824. The molecule has 152 valence electrons. The molecule has 1 aromatic heterocycles. The van der Waals surface area contributed by atoms with Crippen molar-refractivity contribution in [2.24, 2.45) is 0 Å². The zero-order chi connectivity index (χ0) is 20.9. The molecule has 0 bridgehead atoms. The molecule has 1 heterocycles. The van der Waals surface area contributed by atoms with Crippen LogP contribution in [0.1, 0.15) is 45.5 Å². The largest absolute Gasteiger partial charge is 0.399 e. The fourth-order valence-electron chi connectivity index (χ4n) is 5.04. The molecule has 2 heteroatoms. The van der Waals surface area contributed by atoms with E-state index in [0.717, 1.165) is 31.4 Å². The van der Waals surface area contributed by atoms with Gasteiger partial charge in [-0.05, 0) is 114 Å². The topological polar surface area (TPSA) is 26.0 Å². The summed E-state index contributed by atoms with van der Waals surface area (Å²) in [6, 6.07) is 20.1. The van der Waals surface area contributed by atoms with Crippen LogP contribution in [0, 0.1) is 6.92 Å². The number of rotatable bonds is 2. The van der Waals surface area contributed by atoms with Gasteiger partial charge in [0, 0.05) is 20.7 Å². The number of thiophene rings is 1. The standard InChI is InChI=1S/C29H25NS/c1-18-11-24(14-25(30)12-18)20-8-4-7-19(13-20)23-9-10-28-26(16-23)27-15-21-5-2-3-6-22(21)17-29(27)31-28/h3-4,6-8,11-17H,2,5,9-10,30H2,1H3. The van der Waals surface area contributed by atoms with Gasteiger partial charge in [0.1, 0.15) is 0 Å². The van der Waals surface area contributed by atoms with Crippen LogP contribution in [0.3, 0.4) is 0 Å². The third kappa shape index (κ3) is 3.32. The second-order valence-corrected chi connectivity index (χ2v) is 9.95. The molecular formula is C29H25NS. The maximum atomic E-state index is 6.11. The summed E-state index contributed by atoms with van der Waals surface area (Å²) in [7, 11) is 0. The normalized spacial score (nSPS) is 14.9. The molecular weight excluding hydrogens is 394 g/mol. The third-order valence-corrected chi connectivity index (χ3v) is 7.78. The number of aryl methyl sites for hydroxylation is 3. The molecule has 0 fully saturated rings. The lowest BCUT2D eigenvalue weighted by Gasteiger charge is -2.16. The van der Waals surface area contributed by atoms with Crippen molar-refractivity contribution in [3.63, 3.8) is 0 Å². The van der Waals surface area contributed by atoms with Gasteiger partial charge in [-0.3, -0.25) is 0 Å². The summed E-state index contributed by atoms with van der Waals surface area (Å²) < 4.78 is 1.43. The fraction of sp³-hybridized carbons (Fsp3) is 0.172. The van der Waals surface area contributed by atoms with Crippen LogP contribution in [0.15, 0.2) is 60.7 Å². The van der Waals surface area contributed by atoms with Crippen LogP contribution in [0.4, 0.5) is 5.69 Å². The van der Waals surface area contributed by atoms with Crippen molar-refractivity contribution in [1.82, 2.24) is 0 Å². The SMILES string of the molecule is Cc1cc(N)cc(-c2cccc(C3=Cc4c(sc5cc6c(cc45)CCC=C6)CC3)c2)c1. The Hall–Kier alpha value is -3.10. The minimum absolute atomic E-state index is 0.824. The summed E-state index contributed by atoms with van der Waals surface area (Å²) in [4.78, 5) is 1.53. The van der Waals surface area contributed by atoms with Gasteiger partial charge in [-0.15, -0.1) is 11.3 Å². The molecule has 0 saturated heterocycles. The van der Waals surface area contributed by atoms with Gasteiger partial charge in [-0.25, -0.2) is 0 Å². The quantitative estimate of drug-likeness (QED) is 0.328. The van der Waals surface area contributed by atoms with Gasteiger partial charge in [0.25, 0.3) is 0 Å². The van der Waals surface area contributed by atoms with Crippen molar-refractivity contribution in [3.8, 4) is 11.1 Å². The zero-order valence-corrected chi connectivity index (χ0v) is 18.6. The molecule has 3 aromatic carbocycles. The summed E-state index contributed by atoms with van der Waals surface area (Å²) in [6.07, 6.45) is 11.6. The zero-order valence-electron chi connectivity index (χ0n) is 17.7. The molecule has 0 saturated carbocycles. The molecule has 0 radical (unpaired) electrons. The Labute approximate surface area is 187 Å². The minimum Gasteiger partial charge on any atom is -0.399 e. The number of allylic oxidation sites excluding steroid dienone is 2. The van der Waals surface area contributed by atoms with Crippen LogP contribution in [0.2, 0.25) is 0 Å². The smallest absolute Gasteiger partial charge is 0.0358 e. The van der Waals surface area contributed by atoms with Crippen LogP contribution in [0.25, 0.3) is 38.9 Å². The number of benzene rings is 3. The first-order valence-corrected chi connectivity index (χ1v) is 11.9. The summed E-state index contributed by atoms with van der Waals surface area (Å²) in [5.41, 5.74) is 17.7. The Bertz CT molecular complexity index is 1380. The maximum Gasteiger partial charge on any atom is 0.0358 e. The number of nitrogens with two attached hydrogens (primary N) is 1. The number of fused-ring (bicyclic) bond motifs is 4. The number of anilines is 1. The van der Waals surface area contributed by atoms with Crippen molar-refractivity contribution in [1.29, 1.82) is 0 Å². The summed E-state index contributed by atoms with van der Waals surface area (Å²) in [5, 5.41) is 1.44. The van der Waals surface area contributed by atoms with Crippen LogP contribution in [-0.4, -0.2) is 0 Å². The Morgan fingerprint density at radius 1 is 0.871 bits per heavy atom. The molecule has 0 amide bonds. The molecule has 31 heavy (non-hydrogen) atoms. The molecule has 2 N–H and O–H groups in total. The van der Waals surface area contributed by atoms with Crippen molar-refractivity contribution >= 4 is 44.8 Å². The van der Waals surface area contributed by atoms with Crippen LogP contribution >= 0.6 is 11.3 Å². The molecule has 0 atom stereocenters. The van der Waals surface area contributed by atoms with E-state index in [4.69, 9.17) is 5.73 Å². The van der Waals surface area contributed by atoms with E-state index < -0.39 is 0 Å². The van der Waals surface area contributed by atoms with Gasteiger partial charge in [0.05, 0.1) is 0 Å². The molecule has 4 aromatic rings. The predicted octanol–water partition coefficient (Wildman–Crippen LogP) is 7.91. The van der Waals surface area contributed by atoms with Gasteiger partial charge in [-0.2, -0.15) is 0 Å². The Morgan fingerprint density at radius 3 is 2.68 bits per heavy atom. The fourth-order valence-corrected chi connectivity index (χ4v) is 6.25. The van der Waals surface area contributed by atoms with Crippen LogP contribution < -0.4 is 5.73 Å². The second kappa shape index (κ2) is 7.25. The highest BCUT2D eigenvalue weighted by molar-refractivity contribution is 7.19. The van der Waals surface area contributed by atoms with E-state index in [0.29, 0.717) is 0 Å². The first kappa shape index (κ1) is 18.7. The Balaban J connectivity index is 1.44. The highest BCUT2D eigenvalue weighted by Gasteiger charge is 2.19. The van der Waals surface area contributed by atoms with Crippen molar-refractivity contribution in [2.45, 2.75) is 32.6 Å². The Kier molecular flexibility index (Phi) is 4.36. The lowest BCUT2D eigenvalue weighted by atomic mass is 9.89. The molecule has 0 spiro atoms. The molecule has 2 aliphatic rings. The second-order valence-electron chi connectivity index (χ2n) is 8.81. The van der Waals surface area contributed by atoms with E-state index in [1.54, 1.807) is 0 Å². The molecule has 0 unspecified atom stereocenters. The highest BCUT2D eigenvalue weighted by Crippen LogP contribution is 2.42. The first-order chi connectivity index (χ1) is 15.1. The van der Waals surface area contributed by atoms with Crippen molar-refractivity contribution in [3.05, 3.63) is 93.4 Å².